The zero-order valence-corrected chi connectivity index (χ0v) is 15.6. The summed E-state index contributed by atoms with van der Waals surface area (Å²) in [5.41, 5.74) is 3.84. The van der Waals surface area contributed by atoms with Gasteiger partial charge >= 0.3 is 0 Å². The Morgan fingerprint density at radius 1 is 1.41 bits per heavy atom. The van der Waals surface area contributed by atoms with Crippen LogP contribution in [0.2, 0.25) is 5.02 Å². The van der Waals surface area contributed by atoms with Crippen molar-refractivity contribution >= 4 is 17.5 Å². The molecule has 0 radical (unpaired) electrons. The SMILES string of the molecule is CC1(C)OCc2c(CNCc3ccc(F)c(Cl)c3)cnc(C(=O)NO)c2O1. The second kappa shape index (κ2) is 7.77. The molecule has 9 heteroatoms. The minimum Gasteiger partial charge on any atom is -0.460 e. The first-order chi connectivity index (χ1) is 12.8. The molecule has 2 heterocycles. The zero-order chi connectivity index (χ0) is 19.6. The topological polar surface area (TPSA) is 92.7 Å². The molecule has 1 aliphatic heterocycles. The van der Waals surface area contributed by atoms with Crippen molar-refractivity contribution in [2.45, 2.75) is 39.3 Å². The van der Waals surface area contributed by atoms with Crippen molar-refractivity contribution in [2.24, 2.45) is 0 Å². The van der Waals surface area contributed by atoms with Crippen LogP contribution in [-0.2, 0) is 24.4 Å². The highest BCUT2D eigenvalue weighted by molar-refractivity contribution is 6.30. The summed E-state index contributed by atoms with van der Waals surface area (Å²) in [6.45, 7) is 4.55. The number of rotatable bonds is 5. The van der Waals surface area contributed by atoms with Gasteiger partial charge in [0.15, 0.2) is 11.4 Å². The van der Waals surface area contributed by atoms with E-state index in [4.69, 9.17) is 26.3 Å². The number of benzene rings is 1. The van der Waals surface area contributed by atoms with E-state index in [9.17, 15) is 9.18 Å². The smallest absolute Gasteiger partial charge is 0.297 e. The minimum atomic E-state index is -0.921. The molecule has 7 nitrogen and oxygen atoms in total. The zero-order valence-electron chi connectivity index (χ0n) is 14.8. The molecule has 0 saturated carbocycles. The van der Waals surface area contributed by atoms with E-state index in [1.54, 1.807) is 31.5 Å². The second-order valence-electron chi connectivity index (χ2n) is 6.52. The Hall–Kier alpha value is -2.26. The number of aromatic nitrogens is 1. The molecule has 1 aliphatic rings. The van der Waals surface area contributed by atoms with Gasteiger partial charge in [0.1, 0.15) is 5.82 Å². The van der Waals surface area contributed by atoms with Crippen LogP contribution in [0.3, 0.4) is 0 Å². The molecule has 0 bridgehead atoms. The van der Waals surface area contributed by atoms with Gasteiger partial charge in [-0.15, -0.1) is 0 Å². The van der Waals surface area contributed by atoms with Gasteiger partial charge in [-0.1, -0.05) is 17.7 Å². The largest absolute Gasteiger partial charge is 0.460 e. The van der Waals surface area contributed by atoms with E-state index in [1.165, 1.54) is 12.3 Å². The van der Waals surface area contributed by atoms with E-state index in [2.05, 4.69) is 10.3 Å². The lowest BCUT2D eigenvalue weighted by atomic mass is 10.1. The number of nitrogens with zero attached hydrogens (tertiary/aromatic N) is 1. The van der Waals surface area contributed by atoms with Crippen LogP contribution in [0.15, 0.2) is 24.4 Å². The number of hydrogen-bond donors (Lipinski definition) is 3. The number of hydroxylamine groups is 1. The third-order valence-corrected chi connectivity index (χ3v) is 4.37. The van der Waals surface area contributed by atoms with E-state index in [1.807, 2.05) is 0 Å². The van der Waals surface area contributed by atoms with Gasteiger partial charge in [-0.25, -0.2) is 14.9 Å². The number of pyridine rings is 1. The van der Waals surface area contributed by atoms with Crippen LogP contribution < -0.4 is 15.5 Å². The number of hydrogen-bond acceptors (Lipinski definition) is 6. The number of nitrogens with one attached hydrogen (secondary N) is 2. The fourth-order valence-corrected chi connectivity index (χ4v) is 2.92. The van der Waals surface area contributed by atoms with Crippen molar-refractivity contribution in [3.63, 3.8) is 0 Å². The Labute approximate surface area is 160 Å². The second-order valence-corrected chi connectivity index (χ2v) is 6.93. The van der Waals surface area contributed by atoms with Crippen LogP contribution >= 0.6 is 11.6 Å². The molecule has 0 unspecified atom stereocenters. The van der Waals surface area contributed by atoms with E-state index in [0.29, 0.717) is 18.7 Å². The first-order valence-electron chi connectivity index (χ1n) is 8.23. The maximum atomic E-state index is 13.2. The van der Waals surface area contributed by atoms with Crippen LogP contribution in [-0.4, -0.2) is 21.9 Å². The van der Waals surface area contributed by atoms with Crippen molar-refractivity contribution in [3.05, 3.63) is 57.6 Å². The minimum absolute atomic E-state index is 0.0158. The molecule has 0 fully saturated rings. The Balaban J connectivity index is 1.79. The molecule has 0 saturated heterocycles. The maximum absolute atomic E-state index is 13.2. The predicted octanol–water partition coefficient (Wildman–Crippen LogP) is 2.93. The summed E-state index contributed by atoms with van der Waals surface area (Å²) in [5.74, 6) is -1.87. The van der Waals surface area contributed by atoms with Gasteiger partial charge in [-0.2, -0.15) is 0 Å². The van der Waals surface area contributed by atoms with Crippen LogP contribution in [0.4, 0.5) is 4.39 Å². The third-order valence-electron chi connectivity index (χ3n) is 4.08. The highest BCUT2D eigenvalue weighted by Gasteiger charge is 2.33. The van der Waals surface area contributed by atoms with Crippen molar-refractivity contribution < 1.29 is 23.9 Å². The van der Waals surface area contributed by atoms with E-state index in [0.717, 1.165) is 11.1 Å². The summed E-state index contributed by atoms with van der Waals surface area (Å²) in [6.07, 6.45) is 1.53. The highest BCUT2D eigenvalue weighted by Crippen LogP contribution is 2.35. The molecule has 3 rings (SSSR count). The summed E-state index contributed by atoms with van der Waals surface area (Å²) >= 11 is 5.79. The molecule has 144 valence electrons. The summed E-state index contributed by atoms with van der Waals surface area (Å²) in [7, 11) is 0. The molecule has 2 aromatic rings. The fraction of sp³-hybridized carbons (Fsp3) is 0.333. The van der Waals surface area contributed by atoms with Gasteiger partial charge in [0.2, 0.25) is 5.79 Å². The summed E-state index contributed by atoms with van der Waals surface area (Å²) in [5, 5.41) is 12.2. The molecule has 1 amide bonds. The molecule has 1 aromatic carbocycles. The number of carbonyl (C=O) groups excluding carboxylic acids is 1. The average Bonchev–Trinajstić information content (AvgIpc) is 2.63. The van der Waals surface area contributed by atoms with E-state index in [-0.39, 0.29) is 23.1 Å². The van der Waals surface area contributed by atoms with Gasteiger partial charge < -0.3 is 14.8 Å². The quantitative estimate of drug-likeness (QED) is 0.532. The molecule has 0 spiro atoms. The standard InChI is InChI=1S/C18H19ClFN3O4/c1-18(2)26-9-12-11(8-22-15(16(12)27-18)17(24)23-25)7-21-6-10-3-4-14(20)13(19)5-10/h3-5,8,21,25H,6-7,9H2,1-2H3,(H,23,24). The van der Waals surface area contributed by atoms with E-state index < -0.39 is 17.5 Å². The van der Waals surface area contributed by atoms with Gasteiger partial charge in [0.05, 0.1) is 11.6 Å². The average molecular weight is 396 g/mol. The van der Waals surface area contributed by atoms with Crippen molar-refractivity contribution in [1.82, 2.24) is 15.8 Å². The fourth-order valence-electron chi connectivity index (χ4n) is 2.72. The normalized spacial score (nSPS) is 15.0. The molecular formula is C18H19ClFN3O4. The van der Waals surface area contributed by atoms with Crippen LogP contribution in [0.5, 0.6) is 5.75 Å². The van der Waals surface area contributed by atoms with E-state index >= 15 is 0 Å². The molecule has 1 aromatic heterocycles. The molecular weight excluding hydrogens is 377 g/mol. The Morgan fingerprint density at radius 3 is 2.89 bits per heavy atom. The lowest BCUT2D eigenvalue weighted by Crippen LogP contribution is -2.37. The lowest BCUT2D eigenvalue weighted by Gasteiger charge is -2.34. The van der Waals surface area contributed by atoms with Gasteiger partial charge in [0, 0.05) is 38.7 Å². The molecule has 27 heavy (non-hydrogen) atoms. The Kier molecular flexibility index (Phi) is 5.61. The van der Waals surface area contributed by atoms with Crippen LogP contribution in [0.25, 0.3) is 0 Å². The Morgan fingerprint density at radius 2 is 2.19 bits per heavy atom. The number of halogens is 2. The van der Waals surface area contributed by atoms with Crippen molar-refractivity contribution in [3.8, 4) is 5.75 Å². The first-order valence-corrected chi connectivity index (χ1v) is 8.61. The number of carbonyl (C=O) groups is 1. The van der Waals surface area contributed by atoms with Crippen LogP contribution in [0.1, 0.15) is 41.0 Å². The monoisotopic (exact) mass is 395 g/mol. The third kappa shape index (κ3) is 4.36. The number of ether oxygens (including phenoxy) is 2. The maximum Gasteiger partial charge on any atom is 0.297 e. The number of amides is 1. The Bertz CT molecular complexity index is 876. The number of fused-ring (bicyclic) bond motifs is 1. The highest BCUT2D eigenvalue weighted by atomic mass is 35.5. The van der Waals surface area contributed by atoms with Gasteiger partial charge in [0.25, 0.3) is 5.91 Å². The molecule has 0 atom stereocenters. The van der Waals surface area contributed by atoms with Crippen molar-refractivity contribution in [2.75, 3.05) is 0 Å². The predicted molar refractivity (Wildman–Crippen MR) is 94.9 cm³/mol. The summed E-state index contributed by atoms with van der Waals surface area (Å²) in [6, 6.07) is 4.52. The molecule has 0 aliphatic carbocycles. The van der Waals surface area contributed by atoms with Crippen molar-refractivity contribution in [1.29, 1.82) is 0 Å². The lowest BCUT2D eigenvalue weighted by molar-refractivity contribution is -0.180. The molecule has 3 N–H and O–H groups in total. The summed E-state index contributed by atoms with van der Waals surface area (Å²) in [4.78, 5) is 16.0. The van der Waals surface area contributed by atoms with Crippen LogP contribution in [0, 0.1) is 5.82 Å². The first kappa shape index (κ1) is 19.5. The summed E-state index contributed by atoms with van der Waals surface area (Å²) < 4.78 is 24.7. The van der Waals surface area contributed by atoms with Gasteiger partial charge in [-0.3, -0.25) is 10.0 Å². The van der Waals surface area contributed by atoms with Gasteiger partial charge in [-0.05, 0) is 23.3 Å².